The number of nitrogens with one attached hydrogen (secondary N) is 1. The second kappa shape index (κ2) is 9.28. The van der Waals surface area contributed by atoms with Gasteiger partial charge in [-0.15, -0.1) is 0 Å². The largest absolute Gasteiger partial charge is 0.394 e. The van der Waals surface area contributed by atoms with Gasteiger partial charge in [0.25, 0.3) is 0 Å². The quantitative estimate of drug-likeness (QED) is 0.606. The Hall–Kier alpha value is -0.650. The molecule has 0 fully saturated rings. The van der Waals surface area contributed by atoms with Crippen LogP contribution in [-0.4, -0.2) is 42.6 Å². The van der Waals surface area contributed by atoms with Gasteiger partial charge < -0.3 is 20.3 Å². The van der Waals surface area contributed by atoms with Gasteiger partial charge in [0, 0.05) is 17.6 Å². The molecule has 0 amide bonds. The van der Waals surface area contributed by atoms with Crippen molar-refractivity contribution in [1.82, 2.24) is 5.32 Å². The summed E-state index contributed by atoms with van der Waals surface area (Å²) in [5, 5.41) is 22.8. The Morgan fingerprint density at radius 3 is 2.53 bits per heavy atom. The number of hydrogen-bond acceptors (Lipinski definition) is 4. The molecule has 0 saturated carbocycles. The zero-order valence-corrected chi connectivity index (χ0v) is 11.9. The van der Waals surface area contributed by atoms with E-state index in [1.54, 1.807) is 12.1 Å². The fraction of sp³-hybridized carbons (Fsp3) is 0.571. The van der Waals surface area contributed by atoms with E-state index in [1.807, 2.05) is 19.1 Å². The van der Waals surface area contributed by atoms with Gasteiger partial charge >= 0.3 is 0 Å². The molecular weight excluding hydrogens is 266 g/mol. The first-order chi connectivity index (χ1) is 9.19. The topological polar surface area (TPSA) is 61.7 Å². The minimum absolute atomic E-state index is 0.0288. The average molecular weight is 288 g/mol. The maximum absolute atomic E-state index is 10.3. The lowest BCUT2D eigenvalue weighted by Gasteiger charge is -2.23. The van der Waals surface area contributed by atoms with Gasteiger partial charge in [0.2, 0.25) is 0 Å². The monoisotopic (exact) mass is 287 g/mol. The van der Waals surface area contributed by atoms with Crippen LogP contribution in [0.25, 0.3) is 0 Å². The second-order valence-electron chi connectivity index (χ2n) is 4.30. The summed E-state index contributed by atoms with van der Waals surface area (Å²) in [6.45, 7) is 3.56. The van der Waals surface area contributed by atoms with Crippen molar-refractivity contribution in [1.29, 1.82) is 0 Å². The number of ether oxygens (including phenoxy) is 1. The zero-order valence-electron chi connectivity index (χ0n) is 11.2. The van der Waals surface area contributed by atoms with E-state index < -0.39 is 6.10 Å². The minimum Gasteiger partial charge on any atom is -0.394 e. The predicted octanol–water partition coefficient (Wildman–Crippen LogP) is 1.75. The lowest BCUT2D eigenvalue weighted by Crippen LogP contribution is -2.36. The van der Waals surface area contributed by atoms with Crippen molar-refractivity contribution in [2.24, 2.45) is 0 Å². The van der Waals surface area contributed by atoms with Crippen LogP contribution in [0.2, 0.25) is 5.02 Å². The van der Waals surface area contributed by atoms with E-state index in [0.717, 1.165) is 12.0 Å². The summed E-state index contributed by atoms with van der Waals surface area (Å²) in [5.41, 5.74) is 0.847. The number of hydrogen-bond donors (Lipinski definition) is 3. The molecule has 0 heterocycles. The molecule has 2 atom stereocenters. The summed E-state index contributed by atoms with van der Waals surface area (Å²) in [6, 6.07) is 7.19. The van der Waals surface area contributed by atoms with Crippen LogP contribution in [0.15, 0.2) is 24.3 Å². The van der Waals surface area contributed by atoms with Crippen LogP contribution in [-0.2, 0) is 4.74 Å². The summed E-state index contributed by atoms with van der Waals surface area (Å²) >= 11 is 5.83. The number of benzene rings is 1. The van der Waals surface area contributed by atoms with Gasteiger partial charge in [-0.25, -0.2) is 0 Å². The van der Waals surface area contributed by atoms with Crippen LogP contribution in [0.3, 0.4) is 0 Å². The molecule has 0 saturated heterocycles. The van der Waals surface area contributed by atoms with Crippen molar-refractivity contribution in [3.05, 3.63) is 34.9 Å². The van der Waals surface area contributed by atoms with Crippen molar-refractivity contribution in [2.45, 2.75) is 25.5 Å². The maximum atomic E-state index is 10.3. The first-order valence-corrected chi connectivity index (χ1v) is 6.92. The van der Waals surface area contributed by atoms with Crippen LogP contribution >= 0.6 is 11.6 Å². The molecule has 0 aliphatic heterocycles. The maximum Gasteiger partial charge on any atom is 0.0942 e. The molecule has 1 aromatic rings. The molecule has 1 aromatic carbocycles. The summed E-state index contributed by atoms with van der Waals surface area (Å²) in [5.74, 6) is 0. The van der Waals surface area contributed by atoms with Crippen molar-refractivity contribution in [3.8, 4) is 0 Å². The van der Waals surface area contributed by atoms with Crippen LogP contribution in [0.1, 0.15) is 25.0 Å². The summed E-state index contributed by atoms with van der Waals surface area (Å²) in [7, 11) is 0. The van der Waals surface area contributed by atoms with Gasteiger partial charge in [-0.1, -0.05) is 30.7 Å². The van der Waals surface area contributed by atoms with Gasteiger partial charge in [-0.05, 0) is 24.1 Å². The van der Waals surface area contributed by atoms with Crippen LogP contribution in [0.4, 0.5) is 0 Å². The SMILES string of the molecule is CCC(NCCOCCO)C(O)c1ccc(Cl)cc1. The number of aliphatic hydroxyl groups excluding tert-OH is 2. The minimum atomic E-state index is -0.569. The molecule has 2 unspecified atom stereocenters. The molecule has 0 aliphatic rings. The molecule has 0 aromatic heterocycles. The highest BCUT2D eigenvalue weighted by Crippen LogP contribution is 2.20. The summed E-state index contributed by atoms with van der Waals surface area (Å²) in [6.07, 6.45) is 0.240. The van der Waals surface area contributed by atoms with Crippen molar-refractivity contribution >= 4 is 11.6 Å². The highest BCUT2D eigenvalue weighted by Gasteiger charge is 2.18. The second-order valence-corrected chi connectivity index (χ2v) is 4.74. The molecule has 108 valence electrons. The van der Waals surface area contributed by atoms with Crippen molar-refractivity contribution < 1.29 is 14.9 Å². The Kier molecular flexibility index (Phi) is 8.02. The lowest BCUT2D eigenvalue weighted by molar-refractivity contribution is 0.0824. The van der Waals surface area contributed by atoms with Crippen LogP contribution in [0, 0.1) is 0 Å². The highest BCUT2D eigenvalue weighted by molar-refractivity contribution is 6.30. The fourth-order valence-electron chi connectivity index (χ4n) is 1.85. The van der Waals surface area contributed by atoms with Crippen LogP contribution < -0.4 is 5.32 Å². The summed E-state index contributed by atoms with van der Waals surface area (Å²) < 4.78 is 5.17. The zero-order chi connectivity index (χ0) is 14.1. The third-order valence-electron chi connectivity index (χ3n) is 2.92. The third-order valence-corrected chi connectivity index (χ3v) is 3.17. The lowest BCUT2D eigenvalue weighted by atomic mass is 10.0. The van der Waals surface area contributed by atoms with Gasteiger partial charge in [0.1, 0.15) is 0 Å². The van der Waals surface area contributed by atoms with Gasteiger partial charge in [-0.2, -0.15) is 0 Å². The Balaban J connectivity index is 2.42. The van der Waals surface area contributed by atoms with Crippen molar-refractivity contribution in [3.63, 3.8) is 0 Å². The molecule has 4 nitrogen and oxygen atoms in total. The van der Waals surface area contributed by atoms with E-state index in [9.17, 15) is 5.11 Å². The molecular formula is C14H22ClNO3. The Morgan fingerprint density at radius 2 is 1.95 bits per heavy atom. The first kappa shape index (κ1) is 16.4. The first-order valence-electron chi connectivity index (χ1n) is 6.54. The average Bonchev–Trinajstić information content (AvgIpc) is 2.43. The van der Waals surface area contributed by atoms with E-state index in [0.29, 0.717) is 24.8 Å². The Labute approximate surface area is 119 Å². The standard InChI is InChI=1S/C14H22ClNO3/c1-2-13(16-7-9-19-10-8-17)14(18)11-3-5-12(15)6-4-11/h3-6,13-14,16-18H,2,7-10H2,1H3. The van der Waals surface area contributed by atoms with E-state index in [2.05, 4.69) is 5.32 Å². The molecule has 0 spiro atoms. The smallest absolute Gasteiger partial charge is 0.0942 e. The van der Waals surface area contributed by atoms with E-state index in [1.165, 1.54) is 0 Å². The Bertz CT molecular complexity index is 345. The molecule has 1 rings (SSSR count). The van der Waals surface area contributed by atoms with Gasteiger partial charge in [-0.3, -0.25) is 0 Å². The van der Waals surface area contributed by atoms with E-state index >= 15 is 0 Å². The predicted molar refractivity (Wildman–Crippen MR) is 76.4 cm³/mol. The number of rotatable bonds is 9. The van der Waals surface area contributed by atoms with E-state index in [4.69, 9.17) is 21.4 Å². The Morgan fingerprint density at radius 1 is 1.26 bits per heavy atom. The van der Waals surface area contributed by atoms with Crippen molar-refractivity contribution in [2.75, 3.05) is 26.4 Å². The van der Waals surface area contributed by atoms with Gasteiger partial charge in [0.05, 0.1) is 25.9 Å². The summed E-state index contributed by atoms with van der Waals surface area (Å²) in [4.78, 5) is 0. The molecule has 5 heteroatoms. The number of aliphatic hydroxyl groups is 2. The number of halogens is 1. The molecule has 0 radical (unpaired) electrons. The molecule has 0 bridgehead atoms. The molecule has 3 N–H and O–H groups in total. The van der Waals surface area contributed by atoms with E-state index in [-0.39, 0.29) is 12.6 Å². The normalized spacial score (nSPS) is 14.3. The fourth-order valence-corrected chi connectivity index (χ4v) is 1.98. The molecule has 0 aliphatic carbocycles. The highest BCUT2D eigenvalue weighted by atomic mass is 35.5. The van der Waals surface area contributed by atoms with Crippen LogP contribution in [0.5, 0.6) is 0 Å². The van der Waals surface area contributed by atoms with Gasteiger partial charge in [0.15, 0.2) is 0 Å². The third kappa shape index (κ3) is 5.89. The molecule has 19 heavy (non-hydrogen) atoms.